The minimum Gasteiger partial charge on any atom is -0.444 e. The first kappa shape index (κ1) is 14.3. The second-order valence-corrected chi connectivity index (χ2v) is 6.02. The van der Waals surface area contributed by atoms with Crippen LogP contribution in [-0.2, 0) is 4.74 Å². The van der Waals surface area contributed by atoms with Crippen LogP contribution in [0, 0.1) is 11.8 Å². The number of ether oxygens (including phenoxy) is 1. The highest BCUT2D eigenvalue weighted by Crippen LogP contribution is 2.27. The smallest absolute Gasteiger partial charge is 0.407 e. The number of alkyl carbamates (subject to hydrolysis) is 1. The van der Waals surface area contributed by atoms with Crippen molar-refractivity contribution in [2.75, 3.05) is 13.1 Å². The molecular formula is C13H26N2O2. The number of nitrogens with two attached hydrogens (primary N) is 1. The monoisotopic (exact) mass is 242 g/mol. The number of hydrogen-bond donors (Lipinski definition) is 2. The van der Waals surface area contributed by atoms with Crippen LogP contribution >= 0.6 is 0 Å². The Labute approximate surface area is 104 Å². The first-order valence-corrected chi connectivity index (χ1v) is 6.57. The molecule has 2 atom stereocenters. The summed E-state index contributed by atoms with van der Waals surface area (Å²) in [5, 5.41) is 2.85. The van der Waals surface area contributed by atoms with E-state index in [2.05, 4.69) is 5.32 Å². The molecule has 1 saturated carbocycles. The van der Waals surface area contributed by atoms with Crippen molar-refractivity contribution in [1.29, 1.82) is 0 Å². The van der Waals surface area contributed by atoms with Crippen LogP contribution in [0.1, 0.15) is 46.5 Å². The van der Waals surface area contributed by atoms with Crippen LogP contribution in [0.25, 0.3) is 0 Å². The van der Waals surface area contributed by atoms with Gasteiger partial charge < -0.3 is 15.8 Å². The Bertz CT molecular complexity index is 248. The summed E-state index contributed by atoms with van der Waals surface area (Å²) >= 11 is 0. The van der Waals surface area contributed by atoms with Crippen molar-refractivity contribution < 1.29 is 9.53 Å². The Hall–Kier alpha value is -0.770. The van der Waals surface area contributed by atoms with Gasteiger partial charge in [-0.05, 0) is 58.4 Å². The maximum Gasteiger partial charge on any atom is 0.407 e. The average molecular weight is 242 g/mol. The molecule has 1 amide bonds. The van der Waals surface area contributed by atoms with Gasteiger partial charge in [0.1, 0.15) is 5.60 Å². The molecule has 0 aromatic carbocycles. The molecule has 1 aliphatic rings. The summed E-state index contributed by atoms with van der Waals surface area (Å²) in [6.45, 7) is 7.10. The van der Waals surface area contributed by atoms with Gasteiger partial charge in [-0.1, -0.05) is 6.42 Å². The highest BCUT2D eigenvalue weighted by Gasteiger charge is 2.22. The first-order chi connectivity index (χ1) is 7.90. The van der Waals surface area contributed by atoms with E-state index in [1.807, 2.05) is 20.8 Å². The van der Waals surface area contributed by atoms with Crippen molar-refractivity contribution >= 4 is 6.09 Å². The SMILES string of the molecule is CC(C)(C)OC(=O)NCC1CCCC(CN)C1. The second-order valence-electron chi connectivity index (χ2n) is 6.02. The van der Waals surface area contributed by atoms with Crippen LogP contribution in [0.5, 0.6) is 0 Å². The van der Waals surface area contributed by atoms with Crippen LogP contribution in [0.15, 0.2) is 0 Å². The third kappa shape index (κ3) is 5.91. The lowest BCUT2D eigenvalue weighted by atomic mass is 9.81. The van der Waals surface area contributed by atoms with E-state index in [9.17, 15) is 4.79 Å². The van der Waals surface area contributed by atoms with E-state index in [1.165, 1.54) is 19.3 Å². The van der Waals surface area contributed by atoms with Gasteiger partial charge in [0, 0.05) is 6.54 Å². The Kier molecular flexibility index (Phi) is 5.25. The second kappa shape index (κ2) is 6.24. The maximum atomic E-state index is 11.5. The molecule has 0 aromatic heterocycles. The van der Waals surface area contributed by atoms with Gasteiger partial charge in [0.25, 0.3) is 0 Å². The van der Waals surface area contributed by atoms with Gasteiger partial charge >= 0.3 is 6.09 Å². The van der Waals surface area contributed by atoms with Gasteiger partial charge in [0.05, 0.1) is 0 Å². The van der Waals surface area contributed by atoms with Gasteiger partial charge in [-0.3, -0.25) is 0 Å². The third-order valence-corrected chi connectivity index (χ3v) is 3.16. The van der Waals surface area contributed by atoms with E-state index >= 15 is 0 Å². The minimum atomic E-state index is -0.420. The highest BCUT2D eigenvalue weighted by molar-refractivity contribution is 5.67. The van der Waals surface area contributed by atoms with Crippen LogP contribution in [-0.4, -0.2) is 24.8 Å². The summed E-state index contributed by atoms with van der Waals surface area (Å²) in [5.74, 6) is 1.19. The molecule has 0 radical (unpaired) electrons. The zero-order valence-electron chi connectivity index (χ0n) is 11.3. The summed E-state index contributed by atoms with van der Waals surface area (Å²) in [6.07, 6.45) is 4.47. The van der Waals surface area contributed by atoms with E-state index < -0.39 is 5.60 Å². The molecule has 0 spiro atoms. The molecule has 1 fully saturated rings. The van der Waals surface area contributed by atoms with Gasteiger partial charge in [0.2, 0.25) is 0 Å². The molecule has 3 N–H and O–H groups in total. The van der Waals surface area contributed by atoms with Gasteiger partial charge in [0.15, 0.2) is 0 Å². The molecule has 1 rings (SSSR count). The van der Waals surface area contributed by atoms with E-state index in [-0.39, 0.29) is 6.09 Å². The van der Waals surface area contributed by atoms with Crippen LogP contribution in [0.3, 0.4) is 0 Å². The van der Waals surface area contributed by atoms with Gasteiger partial charge in [-0.25, -0.2) is 4.79 Å². The fourth-order valence-electron chi connectivity index (χ4n) is 2.34. The Morgan fingerprint density at radius 3 is 2.59 bits per heavy atom. The molecular weight excluding hydrogens is 216 g/mol. The molecule has 17 heavy (non-hydrogen) atoms. The van der Waals surface area contributed by atoms with Crippen molar-refractivity contribution in [1.82, 2.24) is 5.32 Å². The van der Waals surface area contributed by atoms with Crippen molar-refractivity contribution in [3.63, 3.8) is 0 Å². The van der Waals surface area contributed by atoms with Crippen molar-refractivity contribution in [3.05, 3.63) is 0 Å². The third-order valence-electron chi connectivity index (χ3n) is 3.16. The lowest BCUT2D eigenvalue weighted by Gasteiger charge is -2.28. The lowest BCUT2D eigenvalue weighted by molar-refractivity contribution is 0.0512. The van der Waals surface area contributed by atoms with E-state index in [4.69, 9.17) is 10.5 Å². The number of carbonyl (C=O) groups excluding carboxylic acids is 1. The normalized spacial score (nSPS) is 25.4. The summed E-state index contributed by atoms with van der Waals surface area (Å²) in [7, 11) is 0. The molecule has 4 nitrogen and oxygen atoms in total. The zero-order chi connectivity index (χ0) is 12.9. The van der Waals surface area contributed by atoms with Gasteiger partial charge in [-0.15, -0.1) is 0 Å². The molecule has 4 heteroatoms. The number of hydrogen-bond acceptors (Lipinski definition) is 3. The predicted octanol–water partition coefficient (Wildman–Crippen LogP) is 2.28. The molecule has 100 valence electrons. The zero-order valence-corrected chi connectivity index (χ0v) is 11.3. The highest BCUT2D eigenvalue weighted by atomic mass is 16.6. The predicted molar refractivity (Wildman–Crippen MR) is 68.7 cm³/mol. The standard InChI is InChI=1S/C13H26N2O2/c1-13(2,3)17-12(16)15-9-11-6-4-5-10(7-11)8-14/h10-11H,4-9,14H2,1-3H3,(H,15,16). The number of rotatable bonds is 3. The largest absolute Gasteiger partial charge is 0.444 e. The molecule has 2 unspecified atom stereocenters. The van der Waals surface area contributed by atoms with E-state index in [0.29, 0.717) is 18.4 Å². The van der Waals surface area contributed by atoms with E-state index in [0.717, 1.165) is 13.0 Å². The molecule has 0 saturated heterocycles. The fraction of sp³-hybridized carbons (Fsp3) is 0.923. The number of nitrogens with one attached hydrogen (secondary N) is 1. The summed E-state index contributed by atoms with van der Waals surface area (Å²) < 4.78 is 5.21. The van der Waals surface area contributed by atoms with Crippen LogP contribution in [0.4, 0.5) is 4.79 Å². The average Bonchev–Trinajstić information content (AvgIpc) is 2.24. The molecule has 0 bridgehead atoms. The van der Waals surface area contributed by atoms with Crippen molar-refractivity contribution in [3.8, 4) is 0 Å². The molecule has 0 heterocycles. The number of carbonyl (C=O) groups is 1. The summed E-state index contributed by atoms with van der Waals surface area (Å²) in [4.78, 5) is 11.5. The quantitative estimate of drug-likeness (QED) is 0.798. The first-order valence-electron chi connectivity index (χ1n) is 6.57. The van der Waals surface area contributed by atoms with Crippen LogP contribution in [0.2, 0.25) is 0 Å². The maximum absolute atomic E-state index is 11.5. The molecule has 0 aromatic rings. The van der Waals surface area contributed by atoms with Crippen LogP contribution < -0.4 is 11.1 Å². The summed E-state index contributed by atoms with van der Waals surface area (Å²) in [5.41, 5.74) is 5.27. The van der Waals surface area contributed by atoms with Crippen molar-refractivity contribution in [2.45, 2.75) is 52.1 Å². The Balaban J connectivity index is 2.23. The summed E-state index contributed by atoms with van der Waals surface area (Å²) in [6, 6.07) is 0. The Morgan fingerprint density at radius 2 is 2.00 bits per heavy atom. The molecule has 1 aliphatic carbocycles. The fourth-order valence-corrected chi connectivity index (χ4v) is 2.34. The topological polar surface area (TPSA) is 64.3 Å². The van der Waals surface area contributed by atoms with E-state index in [1.54, 1.807) is 0 Å². The van der Waals surface area contributed by atoms with Crippen molar-refractivity contribution in [2.24, 2.45) is 17.6 Å². The van der Waals surface area contributed by atoms with Gasteiger partial charge in [-0.2, -0.15) is 0 Å². The number of amides is 1. The lowest BCUT2D eigenvalue weighted by Crippen LogP contribution is -2.37. The Morgan fingerprint density at radius 1 is 1.35 bits per heavy atom. The molecule has 0 aliphatic heterocycles. The minimum absolute atomic E-state index is 0.313.